The lowest BCUT2D eigenvalue weighted by molar-refractivity contribution is -0.137. The van der Waals surface area contributed by atoms with Crippen LogP contribution in [0.1, 0.15) is 37.6 Å². The monoisotopic (exact) mass is 341 g/mol. The van der Waals surface area contributed by atoms with Crippen molar-refractivity contribution in [1.82, 2.24) is 5.32 Å². The molecule has 1 aromatic rings. The number of aliphatic carboxylic acids is 1. The van der Waals surface area contributed by atoms with E-state index < -0.39 is 41.7 Å². The third kappa shape index (κ3) is 5.86. The Bertz CT molecular complexity index is 638. The molecule has 1 atom stereocenters. The first kappa shape index (κ1) is 19.4. The molecule has 2 N–H and O–H groups in total. The van der Waals surface area contributed by atoms with Gasteiger partial charge in [0.15, 0.2) is 17.3 Å². The number of carbonyl (C=O) groups is 3. The summed E-state index contributed by atoms with van der Waals surface area (Å²) >= 11 is 0. The fraction of sp³-hybridized carbons (Fsp3) is 0.438. The summed E-state index contributed by atoms with van der Waals surface area (Å²) in [5.41, 5.74) is -0.900. The van der Waals surface area contributed by atoms with Crippen LogP contribution < -0.4 is 10.1 Å². The first-order valence-corrected chi connectivity index (χ1v) is 7.12. The van der Waals surface area contributed by atoms with Crippen molar-refractivity contribution in [3.05, 3.63) is 29.6 Å². The molecule has 132 valence electrons. The number of carboxylic acids is 1. The first-order chi connectivity index (χ1) is 11.0. The molecular formula is C16H20FNO6. The maximum absolute atomic E-state index is 13.7. The predicted octanol–water partition coefficient (Wildman–Crippen LogP) is 2.39. The lowest BCUT2D eigenvalue weighted by atomic mass is 10.0. The third-order valence-electron chi connectivity index (χ3n) is 2.82. The van der Waals surface area contributed by atoms with E-state index in [4.69, 9.17) is 14.6 Å². The molecule has 0 heterocycles. The van der Waals surface area contributed by atoms with Crippen LogP contribution in [-0.2, 0) is 9.53 Å². The molecular weight excluding hydrogens is 321 g/mol. The molecule has 7 nitrogen and oxygen atoms in total. The maximum atomic E-state index is 13.7. The number of amides is 1. The molecule has 8 heteroatoms. The van der Waals surface area contributed by atoms with Crippen molar-refractivity contribution in [2.45, 2.75) is 38.8 Å². The average molecular weight is 341 g/mol. The van der Waals surface area contributed by atoms with E-state index in [1.807, 2.05) is 0 Å². The number of nitrogens with one attached hydrogen (secondary N) is 1. The van der Waals surface area contributed by atoms with E-state index >= 15 is 0 Å². The van der Waals surface area contributed by atoms with Gasteiger partial charge in [-0.3, -0.25) is 9.59 Å². The van der Waals surface area contributed by atoms with Crippen LogP contribution in [0.4, 0.5) is 9.18 Å². The van der Waals surface area contributed by atoms with Crippen LogP contribution in [0.25, 0.3) is 0 Å². The van der Waals surface area contributed by atoms with E-state index in [1.54, 1.807) is 20.8 Å². The standard InChI is InChI=1S/C16H20FNO6/c1-16(2,3)24-15(22)18-11(8-13(19)20)14(21)9-5-6-12(23-4)10(17)7-9/h5-7,11H,8H2,1-4H3,(H,18,22)(H,19,20)/t11-/m0/s1. The number of benzene rings is 1. The van der Waals surface area contributed by atoms with E-state index in [9.17, 15) is 18.8 Å². The molecule has 0 aromatic heterocycles. The Morgan fingerprint density at radius 2 is 1.92 bits per heavy atom. The lowest BCUT2D eigenvalue weighted by Crippen LogP contribution is -2.44. The van der Waals surface area contributed by atoms with Crippen LogP contribution in [0.3, 0.4) is 0 Å². The van der Waals surface area contributed by atoms with E-state index in [-0.39, 0.29) is 11.3 Å². The van der Waals surface area contributed by atoms with Gasteiger partial charge in [-0.15, -0.1) is 0 Å². The Morgan fingerprint density at radius 3 is 2.38 bits per heavy atom. The number of carbonyl (C=O) groups excluding carboxylic acids is 2. The van der Waals surface area contributed by atoms with Gasteiger partial charge in [0.1, 0.15) is 11.6 Å². The fourth-order valence-corrected chi connectivity index (χ4v) is 1.85. The number of Topliss-reactive ketones (excluding diaryl/α,β-unsaturated/α-hetero) is 1. The number of ketones is 1. The van der Waals surface area contributed by atoms with Crippen molar-refractivity contribution in [1.29, 1.82) is 0 Å². The molecule has 24 heavy (non-hydrogen) atoms. The molecule has 0 aliphatic rings. The lowest BCUT2D eigenvalue weighted by Gasteiger charge is -2.22. The first-order valence-electron chi connectivity index (χ1n) is 7.12. The van der Waals surface area contributed by atoms with Gasteiger partial charge in [-0.25, -0.2) is 9.18 Å². The molecule has 0 bridgehead atoms. The zero-order valence-corrected chi connectivity index (χ0v) is 13.9. The Hall–Kier alpha value is -2.64. The molecule has 0 saturated heterocycles. The van der Waals surface area contributed by atoms with Gasteiger partial charge in [0.2, 0.25) is 0 Å². The van der Waals surface area contributed by atoms with Crippen LogP contribution in [0.5, 0.6) is 5.75 Å². The van der Waals surface area contributed by atoms with Crippen LogP contribution in [-0.4, -0.2) is 41.7 Å². The van der Waals surface area contributed by atoms with Gasteiger partial charge < -0.3 is 19.9 Å². The van der Waals surface area contributed by atoms with E-state index in [0.717, 1.165) is 6.07 Å². The molecule has 0 saturated carbocycles. The van der Waals surface area contributed by atoms with Gasteiger partial charge in [0.25, 0.3) is 0 Å². The highest BCUT2D eigenvalue weighted by atomic mass is 19.1. The van der Waals surface area contributed by atoms with Crippen molar-refractivity contribution in [3.63, 3.8) is 0 Å². The van der Waals surface area contributed by atoms with Crippen molar-refractivity contribution in [3.8, 4) is 5.75 Å². The highest BCUT2D eigenvalue weighted by molar-refractivity contribution is 6.03. The molecule has 0 unspecified atom stereocenters. The number of methoxy groups -OCH3 is 1. The van der Waals surface area contributed by atoms with Gasteiger partial charge in [-0.1, -0.05) is 0 Å². The Labute approximate surface area is 138 Å². The second-order valence-electron chi connectivity index (χ2n) is 6.01. The fourth-order valence-electron chi connectivity index (χ4n) is 1.85. The second-order valence-corrected chi connectivity index (χ2v) is 6.01. The van der Waals surface area contributed by atoms with Crippen molar-refractivity contribution < 1.29 is 33.4 Å². The highest BCUT2D eigenvalue weighted by Gasteiger charge is 2.27. The number of rotatable bonds is 6. The van der Waals surface area contributed by atoms with E-state index in [2.05, 4.69) is 5.32 Å². The Kier molecular flexibility index (Phi) is 6.27. The number of hydrogen-bond acceptors (Lipinski definition) is 5. The summed E-state index contributed by atoms with van der Waals surface area (Å²) in [5, 5.41) is 11.1. The molecule has 0 radical (unpaired) electrons. The van der Waals surface area contributed by atoms with Crippen molar-refractivity contribution in [2.75, 3.05) is 7.11 Å². The Balaban J connectivity index is 2.98. The van der Waals surface area contributed by atoms with Crippen LogP contribution in [0.2, 0.25) is 0 Å². The topological polar surface area (TPSA) is 102 Å². The summed E-state index contributed by atoms with van der Waals surface area (Å²) in [6.07, 6.45) is -1.60. The van der Waals surface area contributed by atoms with Gasteiger partial charge in [-0.2, -0.15) is 0 Å². The molecule has 1 amide bonds. The van der Waals surface area contributed by atoms with Gasteiger partial charge in [-0.05, 0) is 39.0 Å². The molecule has 1 aromatic carbocycles. The van der Waals surface area contributed by atoms with Gasteiger partial charge in [0, 0.05) is 5.56 Å². The molecule has 0 spiro atoms. The maximum Gasteiger partial charge on any atom is 0.408 e. The molecule has 0 aliphatic heterocycles. The van der Waals surface area contributed by atoms with Crippen LogP contribution in [0, 0.1) is 5.82 Å². The summed E-state index contributed by atoms with van der Waals surface area (Å²) in [5.74, 6) is -2.86. The summed E-state index contributed by atoms with van der Waals surface area (Å²) in [6, 6.07) is 2.07. The number of alkyl carbamates (subject to hydrolysis) is 1. The third-order valence-corrected chi connectivity index (χ3v) is 2.82. The van der Waals surface area contributed by atoms with Crippen LogP contribution >= 0.6 is 0 Å². The summed E-state index contributed by atoms with van der Waals surface area (Å²) in [7, 11) is 1.27. The zero-order valence-electron chi connectivity index (χ0n) is 13.9. The quantitative estimate of drug-likeness (QED) is 0.770. The van der Waals surface area contributed by atoms with E-state index in [1.165, 1.54) is 19.2 Å². The summed E-state index contributed by atoms with van der Waals surface area (Å²) in [6.45, 7) is 4.87. The molecule has 1 rings (SSSR count). The highest BCUT2D eigenvalue weighted by Crippen LogP contribution is 2.19. The normalized spacial score (nSPS) is 12.2. The smallest absolute Gasteiger partial charge is 0.408 e. The minimum Gasteiger partial charge on any atom is -0.494 e. The minimum absolute atomic E-state index is 0.0542. The van der Waals surface area contributed by atoms with Crippen molar-refractivity contribution >= 4 is 17.8 Å². The molecule has 0 aliphatic carbocycles. The second kappa shape index (κ2) is 7.76. The average Bonchev–Trinajstić information content (AvgIpc) is 2.43. The SMILES string of the molecule is COc1ccc(C(=O)[C@H](CC(=O)O)NC(=O)OC(C)(C)C)cc1F. The number of hydrogen-bond donors (Lipinski definition) is 2. The van der Waals surface area contributed by atoms with Gasteiger partial charge in [0.05, 0.1) is 13.5 Å². The molecule has 0 fully saturated rings. The van der Waals surface area contributed by atoms with E-state index in [0.29, 0.717) is 0 Å². The predicted molar refractivity (Wildman–Crippen MR) is 82.7 cm³/mol. The largest absolute Gasteiger partial charge is 0.494 e. The summed E-state index contributed by atoms with van der Waals surface area (Å²) < 4.78 is 23.5. The Morgan fingerprint density at radius 1 is 1.29 bits per heavy atom. The zero-order chi connectivity index (χ0) is 18.5. The summed E-state index contributed by atoms with van der Waals surface area (Å²) in [4.78, 5) is 35.1. The minimum atomic E-state index is -1.38. The van der Waals surface area contributed by atoms with Crippen molar-refractivity contribution in [2.24, 2.45) is 0 Å². The van der Waals surface area contributed by atoms with Crippen LogP contribution in [0.15, 0.2) is 18.2 Å². The van der Waals surface area contributed by atoms with Gasteiger partial charge >= 0.3 is 12.1 Å². The number of halogens is 1. The number of ether oxygens (including phenoxy) is 2. The number of carboxylic acid groups (broad SMARTS) is 1.